The van der Waals surface area contributed by atoms with Gasteiger partial charge < -0.3 is 5.43 Å². The van der Waals surface area contributed by atoms with Gasteiger partial charge in [-0.25, -0.2) is 0 Å². The second-order valence-electron chi connectivity index (χ2n) is 3.66. The number of hydrazone groups is 1. The van der Waals surface area contributed by atoms with E-state index in [9.17, 15) is 0 Å². The Balaban J connectivity index is 2.21. The summed E-state index contributed by atoms with van der Waals surface area (Å²) in [7, 11) is 0. The van der Waals surface area contributed by atoms with Crippen LogP contribution in [-0.4, -0.2) is 11.8 Å². The molecule has 0 aromatic heterocycles. The van der Waals surface area contributed by atoms with E-state index in [1.807, 2.05) is 0 Å². The van der Waals surface area contributed by atoms with Gasteiger partial charge in [-0.1, -0.05) is 26.2 Å². The summed E-state index contributed by atoms with van der Waals surface area (Å²) in [4.78, 5) is 0. The fourth-order valence-electron chi connectivity index (χ4n) is 1.51. The third-order valence-corrected chi connectivity index (χ3v) is 2.55. The minimum Gasteiger partial charge on any atom is -0.307 e. The van der Waals surface area contributed by atoms with Crippen LogP contribution in [0.3, 0.4) is 0 Å². The molecule has 1 aliphatic rings. The number of nitrogens with zero attached hydrogens (tertiary/aromatic N) is 1. The molecule has 0 aliphatic heterocycles. The van der Waals surface area contributed by atoms with E-state index >= 15 is 0 Å². The first-order chi connectivity index (χ1) is 5.83. The van der Waals surface area contributed by atoms with Crippen molar-refractivity contribution in [2.24, 2.45) is 5.10 Å². The molecule has 0 amide bonds. The Morgan fingerprint density at radius 1 is 1.33 bits per heavy atom. The van der Waals surface area contributed by atoms with Gasteiger partial charge in [-0.3, -0.25) is 0 Å². The van der Waals surface area contributed by atoms with E-state index in [1.54, 1.807) is 0 Å². The third-order valence-electron chi connectivity index (χ3n) is 2.55. The lowest BCUT2D eigenvalue weighted by Gasteiger charge is -2.21. The summed E-state index contributed by atoms with van der Waals surface area (Å²) in [5.74, 6) is 0. The molecule has 12 heavy (non-hydrogen) atoms. The summed E-state index contributed by atoms with van der Waals surface area (Å²) in [5.41, 5.74) is 4.47. The van der Waals surface area contributed by atoms with Crippen molar-refractivity contribution in [1.29, 1.82) is 0 Å². The van der Waals surface area contributed by atoms with Gasteiger partial charge in [-0.15, -0.1) is 0 Å². The maximum Gasteiger partial charge on any atom is 0.0440 e. The molecule has 1 fully saturated rings. The molecule has 70 valence electrons. The summed E-state index contributed by atoms with van der Waals surface area (Å²) in [6.07, 6.45) is 7.83. The Morgan fingerprint density at radius 2 is 2.00 bits per heavy atom. The minimum atomic E-state index is 0.653. The summed E-state index contributed by atoms with van der Waals surface area (Å²) < 4.78 is 0. The molecular weight excluding hydrogens is 148 g/mol. The highest BCUT2D eigenvalue weighted by atomic mass is 15.3. The van der Waals surface area contributed by atoms with Crippen molar-refractivity contribution >= 4 is 5.71 Å². The SMILES string of the molecule is CC/C(C)=N/NC1CCCCC1. The predicted octanol–water partition coefficient (Wildman–Crippen LogP) is 2.69. The summed E-state index contributed by atoms with van der Waals surface area (Å²) in [6.45, 7) is 4.22. The molecule has 1 N–H and O–H groups in total. The second kappa shape index (κ2) is 5.18. The Bertz CT molecular complexity index is 146. The zero-order valence-electron chi connectivity index (χ0n) is 8.27. The molecule has 0 aromatic rings. The van der Waals surface area contributed by atoms with Gasteiger partial charge in [-0.05, 0) is 26.2 Å². The smallest absolute Gasteiger partial charge is 0.0440 e. The predicted molar refractivity (Wildman–Crippen MR) is 53.4 cm³/mol. The van der Waals surface area contributed by atoms with Crippen LogP contribution in [-0.2, 0) is 0 Å². The van der Waals surface area contributed by atoms with E-state index < -0.39 is 0 Å². The number of hydrogen-bond acceptors (Lipinski definition) is 2. The molecule has 1 rings (SSSR count). The van der Waals surface area contributed by atoms with Gasteiger partial charge in [0.25, 0.3) is 0 Å². The van der Waals surface area contributed by atoms with Gasteiger partial charge in [-0.2, -0.15) is 5.10 Å². The Labute approximate surface area is 75.4 Å². The highest BCUT2D eigenvalue weighted by Crippen LogP contribution is 2.17. The molecule has 0 radical (unpaired) electrons. The van der Waals surface area contributed by atoms with Crippen molar-refractivity contribution < 1.29 is 0 Å². The van der Waals surface area contributed by atoms with Gasteiger partial charge in [0.05, 0.1) is 0 Å². The highest BCUT2D eigenvalue weighted by molar-refractivity contribution is 5.81. The molecule has 0 saturated heterocycles. The molecule has 0 spiro atoms. The zero-order valence-corrected chi connectivity index (χ0v) is 8.27. The summed E-state index contributed by atoms with van der Waals surface area (Å²) >= 11 is 0. The van der Waals surface area contributed by atoms with Gasteiger partial charge in [0.1, 0.15) is 0 Å². The lowest BCUT2D eigenvalue weighted by Crippen LogP contribution is -2.27. The average Bonchev–Trinajstić information content (AvgIpc) is 2.16. The van der Waals surface area contributed by atoms with Crippen molar-refractivity contribution in [3.05, 3.63) is 0 Å². The Morgan fingerprint density at radius 3 is 2.58 bits per heavy atom. The van der Waals surface area contributed by atoms with Crippen LogP contribution in [0.4, 0.5) is 0 Å². The zero-order chi connectivity index (χ0) is 8.81. The monoisotopic (exact) mass is 168 g/mol. The quantitative estimate of drug-likeness (QED) is 0.508. The van der Waals surface area contributed by atoms with Crippen LogP contribution < -0.4 is 5.43 Å². The van der Waals surface area contributed by atoms with Crippen LogP contribution in [0, 0.1) is 0 Å². The molecule has 2 heteroatoms. The van der Waals surface area contributed by atoms with Gasteiger partial charge in [0.2, 0.25) is 0 Å². The number of hydrogen-bond donors (Lipinski definition) is 1. The minimum absolute atomic E-state index is 0.653. The first kappa shape index (κ1) is 9.56. The standard InChI is InChI=1S/C10H20N2/c1-3-9(2)11-12-10-7-5-4-6-8-10/h10,12H,3-8H2,1-2H3/b11-9+. The molecular formula is C10H20N2. The maximum atomic E-state index is 4.33. The van der Waals surface area contributed by atoms with Crippen molar-refractivity contribution in [2.75, 3.05) is 0 Å². The molecule has 0 atom stereocenters. The summed E-state index contributed by atoms with van der Waals surface area (Å²) in [6, 6.07) is 0.653. The fourth-order valence-corrected chi connectivity index (χ4v) is 1.51. The molecule has 0 aromatic carbocycles. The molecule has 0 bridgehead atoms. The molecule has 0 heterocycles. The van der Waals surface area contributed by atoms with E-state index in [0.29, 0.717) is 6.04 Å². The van der Waals surface area contributed by atoms with Crippen molar-refractivity contribution in [3.63, 3.8) is 0 Å². The third kappa shape index (κ3) is 3.24. The van der Waals surface area contributed by atoms with Crippen LogP contribution in [0.25, 0.3) is 0 Å². The number of rotatable bonds is 3. The van der Waals surface area contributed by atoms with Gasteiger partial charge in [0.15, 0.2) is 0 Å². The van der Waals surface area contributed by atoms with Crippen LogP contribution in [0.5, 0.6) is 0 Å². The first-order valence-electron chi connectivity index (χ1n) is 5.11. The lowest BCUT2D eigenvalue weighted by atomic mass is 9.96. The van der Waals surface area contributed by atoms with Crippen LogP contribution in [0.15, 0.2) is 5.10 Å². The number of nitrogens with one attached hydrogen (secondary N) is 1. The second-order valence-corrected chi connectivity index (χ2v) is 3.66. The van der Waals surface area contributed by atoms with Crippen LogP contribution in [0.2, 0.25) is 0 Å². The summed E-state index contributed by atoms with van der Waals surface area (Å²) in [5, 5.41) is 4.33. The first-order valence-corrected chi connectivity index (χ1v) is 5.11. The van der Waals surface area contributed by atoms with E-state index in [2.05, 4.69) is 24.4 Å². The largest absolute Gasteiger partial charge is 0.307 e. The molecule has 0 unspecified atom stereocenters. The Hall–Kier alpha value is -0.530. The maximum absolute atomic E-state index is 4.33. The molecule has 1 saturated carbocycles. The average molecular weight is 168 g/mol. The normalized spacial score (nSPS) is 21.0. The van der Waals surface area contributed by atoms with Gasteiger partial charge >= 0.3 is 0 Å². The van der Waals surface area contributed by atoms with Crippen LogP contribution in [0.1, 0.15) is 52.4 Å². The highest BCUT2D eigenvalue weighted by Gasteiger charge is 2.11. The Kier molecular flexibility index (Phi) is 4.12. The van der Waals surface area contributed by atoms with E-state index in [4.69, 9.17) is 0 Å². The van der Waals surface area contributed by atoms with E-state index in [-0.39, 0.29) is 0 Å². The van der Waals surface area contributed by atoms with Crippen LogP contribution >= 0.6 is 0 Å². The fraction of sp³-hybridized carbons (Fsp3) is 0.900. The van der Waals surface area contributed by atoms with Crippen molar-refractivity contribution in [2.45, 2.75) is 58.4 Å². The topological polar surface area (TPSA) is 24.4 Å². The molecule has 1 aliphatic carbocycles. The van der Waals surface area contributed by atoms with Crippen molar-refractivity contribution in [3.8, 4) is 0 Å². The van der Waals surface area contributed by atoms with Crippen molar-refractivity contribution in [1.82, 2.24) is 5.43 Å². The molecule has 2 nitrogen and oxygen atoms in total. The van der Waals surface area contributed by atoms with E-state index in [1.165, 1.54) is 37.8 Å². The van der Waals surface area contributed by atoms with Gasteiger partial charge in [0, 0.05) is 11.8 Å². The van der Waals surface area contributed by atoms with E-state index in [0.717, 1.165) is 6.42 Å². The lowest BCUT2D eigenvalue weighted by molar-refractivity contribution is 0.380.